The minimum absolute atomic E-state index is 0.00779. The Morgan fingerprint density at radius 2 is 1.89 bits per heavy atom. The second-order valence-electron chi connectivity index (χ2n) is 9.09. The maximum absolute atomic E-state index is 11.5. The number of rotatable bonds is 12. The molecule has 1 atom stereocenters. The van der Waals surface area contributed by atoms with Crippen LogP contribution in [0.5, 0.6) is 5.75 Å². The van der Waals surface area contributed by atoms with E-state index in [4.69, 9.17) is 25.9 Å². The first-order chi connectivity index (χ1) is 17.0. The largest absolute Gasteiger partial charge is 0.493 e. The van der Waals surface area contributed by atoms with Crippen LogP contribution in [0.1, 0.15) is 57.1 Å². The number of hydrogen-bond acceptors (Lipinski definition) is 6. The third-order valence-electron chi connectivity index (χ3n) is 6.27. The molecule has 0 saturated carbocycles. The van der Waals surface area contributed by atoms with Gasteiger partial charge in [-0.05, 0) is 69.0 Å². The Balaban J connectivity index is 1.53. The SMILES string of the molecule is CCCC[C@H](CN1CCC(COc2cccc(/C(=N/OC)c3ccc(Cl)cc3)c2)CC1)OC(C)=O. The fourth-order valence-corrected chi connectivity index (χ4v) is 4.52. The van der Waals surface area contributed by atoms with Crippen LogP contribution in [0.4, 0.5) is 0 Å². The Morgan fingerprint density at radius 1 is 1.14 bits per heavy atom. The average Bonchev–Trinajstić information content (AvgIpc) is 2.86. The minimum atomic E-state index is -0.189. The summed E-state index contributed by atoms with van der Waals surface area (Å²) in [5, 5.41) is 4.91. The van der Waals surface area contributed by atoms with Gasteiger partial charge in [-0.1, -0.05) is 54.4 Å². The number of carbonyl (C=O) groups is 1. The van der Waals surface area contributed by atoms with Crippen molar-refractivity contribution >= 4 is 23.3 Å². The van der Waals surface area contributed by atoms with Crippen LogP contribution in [0.2, 0.25) is 5.02 Å². The third-order valence-corrected chi connectivity index (χ3v) is 6.53. The van der Waals surface area contributed by atoms with E-state index in [1.165, 1.54) is 6.92 Å². The third kappa shape index (κ3) is 8.86. The van der Waals surface area contributed by atoms with Gasteiger partial charge in [0.2, 0.25) is 0 Å². The summed E-state index contributed by atoms with van der Waals surface area (Å²) >= 11 is 6.04. The predicted octanol–water partition coefficient (Wildman–Crippen LogP) is 5.95. The number of halogens is 1. The van der Waals surface area contributed by atoms with E-state index in [0.29, 0.717) is 17.5 Å². The van der Waals surface area contributed by atoms with E-state index < -0.39 is 0 Å². The molecule has 0 spiro atoms. The molecule has 0 amide bonds. The van der Waals surface area contributed by atoms with Crippen molar-refractivity contribution in [3.8, 4) is 5.75 Å². The van der Waals surface area contributed by atoms with Crippen molar-refractivity contribution in [1.29, 1.82) is 0 Å². The van der Waals surface area contributed by atoms with Crippen molar-refractivity contribution in [3.05, 3.63) is 64.7 Å². The molecule has 2 aromatic carbocycles. The summed E-state index contributed by atoms with van der Waals surface area (Å²) in [6.07, 6.45) is 5.25. The van der Waals surface area contributed by atoms with Gasteiger partial charge in [-0.3, -0.25) is 9.69 Å². The lowest BCUT2D eigenvalue weighted by molar-refractivity contribution is -0.147. The second kappa shape index (κ2) is 14.1. The molecule has 1 fully saturated rings. The number of ether oxygens (including phenoxy) is 2. The molecule has 1 heterocycles. The Kier molecular flexibility index (Phi) is 10.9. The summed E-state index contributed by atoms with van der Waals surface area (Å²) in [5.74, 6) is 1.13. The highest BCUT2D eigenvalue weighted by Gasteiger charge is 2.23. The average molecular weight is 501 g/mol. The van der Waals surface area contributed by atoms with Crippen molar-refractivity contribution in [2.24, 2.45) is 11.1 Å². The Bertz CT molecular complexity index is 956. The molecule has 0 bridgehead atoms. The van der Waals surface area contributed by atoms with E-state index in [-0.39, 0.29) is 12.1 Å². The van der Waals surface area contributed by atoms with Gasteiger partial charge < -0.3 is 14.3 Å². The molecular formula is C28H37ClN2O4. The van der Waals surface area contributed by atoms with Crippen molar-refractivity contribution in [2.45, 2.75) is 52.1 Å². The van der Waals surface area contributed by atoms with Crippen LogP contribution in [-0.4, -0.2) is 56.0 Å². The van der Waals surface area contributed by atoms with E-state index in [1.807, 2.05) is 48.5 Å². The smallest absolute Gasteiger partial charge is 0.302 e. The molecule has 1 aliphatic heterocycles. The summed E-state index contributed by atoms with van der Waals surface area (Å²) < 4.78 is 11.7. The van der Waals surface area contributed by atoms with Gasteiger partial charge in [0.1, 0.15) is 24.7 Å². The molecule has 0 unspecified atom stereocenters. The monoisotopic (exact) mass is 500 g/mol. The van der Waals surface area contributed by atoms with E-state index in [1.54, 1.807) is 7.11 Å². The molecule has 0 aliphatic carbocycles. The van der Waals surface area contributed by atoms with E-state index >= 15 is 0 Å². The molecule has 1 saturated heterocycles. The highest BCUT2D eigenvalue weighted by Crippen LogP contribution is 2.23. The fourth-order valence-electron chi connectivity index (χ4n) is 4.40. The van der Waals surface area contributed by atoms with Gasteiger partial charge in [-0.15, -0.1) is 0 Å². The normalized spacial score (nSPS) is 16.1. The van der Waals surface area contributed by atoms with Gasteiger partial charge >= 0.3 is 5.97 Å². The number of carbonyl (C=O) groups excluding carboxylic acids is 1. The molecule has 6 nitrogen and oxygen atoms in total. The predicted molar refractivity (Wildman–Crippen MR) is 140 cm³/mol. The molecule has 7 heteroatoms. The first kappa shape index (κ1) is 27.0. The zero-order valence-electron chi connectivity index (χ0n) is 21.0. The zero-order chi connectivity index (χ0) is 25.0. The highest BCUT2D eigenvalue weighted by molar-refractivity contribution is 6.30. The van der Waals surface area contributed by atoms with E-state index in [2.05, 4.69) is 17.0 Å². The molecule has 3 rings (SSSR count). The number of benzene rings is 2. The van der Waals surface area contributed by atoms with Crippen LogP contribution < -0.4 is 4.74 Å². The highest BCUT2D eigenvalue weighted by atomic mass is 35.5. The van der Waals surface area contributed by atoms with Gasteiger partial charge in [-0.25, -0.2) is 0 Å². The van der Waals surface area contributed by atoms with Gasteiger partial charge in [0.05, 0.1) is 6.61 Å². The van der Waals surface area contributed by atoms with Gasteiger partial charge in [0.25, 0.3) is 0 Å². The summed E-state index contributed by atoms with van der Waals surface area (Å²) in [7, 11) is 1.54. The Hall–Kier alpha value is -2.57. The maximum atomic E-state index is 11.5. The number of likely N-dealkylation sites (tertiary alicyclic amines) is 1. The van der Waals surface area contributed by atoms with Crippen LogP contribution >= 0.6 is 11.6 Å². The molecule has 1 aliphatic rings. The Morgan fingerprint density at radius 3 is 2.54 bits per heavy atom. The standard InChI is InChI=1S/C28H37ClN2O4/c1-4-5-8-27(35-21(2)32)19-31-16-14-22(15-17-31)20-34-26-9-6-7-24(18-26)28(30-33-3)23-10-12-25(29)13-11-23/h6-7,9-13,18,22,27H,4-5,8,14-17,19-20H2,1-3H3/b30-28+/t27-/m1/s1. The number of esters is 1. The number of nitrogens with zero attached hydrogens (tertiary/aromatic N) is 2. The fraction of sp³-hybridized carbons (Fsp3) is 0.500. The zero-order valence-corrected chi connectivity index (χ0v) is 21.8. The first-order valence-electron chi connectivity index (χ1n) is 12.5. The summed E-state index contributed by atoms with van der Waals surface area (Å²) in [6.45, 7) is 7.16. The topological polar surface area (TPSA) is 60.4 Å². The van der Waals surface area contributed by atoms with Crippen molar-refractivity contribution in [3.63, 3.8) is 0 Å². The first-order valence-corrected chi connectivity index (χ1v) is 12.9. The molecule has 0 radical (unpaired) electrons. The molecular weight excluding hydrogens is 464 g/mol. The van der Waals surface area contributed by atoms with E-state index in [0.717, 1.165) is 74.3 Å². The van der Waals surface area contributed by atoms with Gasteiger partial charge in [-0.2, -0.15) is 0 Å². The van der Waals surface area contributed by atoms with E-state index in [9.17, 15) is 4.79 Å². The van der Waals surface area contributed by atoms with Crippen LogP contribution in [0, 0.1) is 5.92 Å². The number of hydrogen-bond donors (Lipinski definition) is 0. The molecule has 190 valence electrons. The number of piperidine rings is 1. The van der Waals surface area contributed by atoms with Crippen molar-refractivity contribution < 1.29 is 19.1 Å². The number of unbranched alkanes of at least 4 members (excludes halogenated alkanes) is 1. The van der Waals surface area contributed by atoms with Crippen molar-refractivity contribution in [1.82, 2.24) is 4.90 Å². The minimum Gasteiger partial charge on any atom is -0.493 e. The molecule has 2 aromatic rings. The summed E-state index contributed by atoms with van der Waals surface area (Å²) in [4.78, 5) is 19.0. The van der Waals surface area contributed by atoms with Gasteiger partial charge in [0, 0.05) is 29.6 Å². The Labute approximate surface area is 214 Å². The van der Waals surface area contributed by atoms with Crippen molar-refractivity contribution in [2.75, 3.05) is 33.4 Å². The maximum Gasteiger partial charge on any atom is 0.302 e. The molecule has 0 N–H and O–H groups in total. The lowest BCUT2D eigenvalue weighted by atomic mass is 9.97. The second-order valence-corrected chi connectivity index (χ2v) is 9.52. The quantitative estimate of drug-likeness (QED) is 0.205. The van der Waals surface area contributed by atoms with Gasteiger partial charge in [0.15, 0.2) is 0 Å². The van der Waals surface area contributed by atoms with Crippen LogP contribution in [-0.2, 0) is 14.4 Å². The summed E-state index contributed by atoms with van der Waals surface area (Å²) in [5.41, 5.74) is 2.57. The lowest BCUT2D eigenvalue weighted by Gasteiger charge is -2.34. The lowest BCUT2D eigenvalue weighted by Crippen LogP contribution is -2.41. The van der Waals surface area contributed by atoms with Crippen LogP contribution in [0.3, 0.4) is 0 Å². The van der Waals surface area contributed by atoms with Crippen LogP contribution in [0.15, 0.2) is 53.7 Å². The molecule has 35 heavy (non-hydrogen) atoms. The summed E-state index contributed by atoms with van der Waals surface area (Å²) in [6, 6.07) is 15.5. The molecule has 0 aromatic heterocycles. The van der Waals surface area contributed by atoms with Crippen LogP contribution in [0.25, 0.3) is 0 Å². The number of oxime groups is 1.